The fourth-order valence-corrected chi connectivity index (χ4v) is 3.88. The van der Waals surface area contributed by atoms with Crippen molar-refractivity contribution in [2.24, 2.45) is 0 Å². The molecule has 0 saturated heterocycles. The quantitative estimate of drug-likeness (QED) is 0.201. The molecule has 0 spiro atoms. The van der Waals surface area contributed by atoms with Crippen molar-refractivity contribution in [2.75, 3.05) is 6.61 Å². The smallest absolute Gasteiger partial charge is 0.506 e. The third-order valence-electron chi connectivity index (χ3n) is 3.11. The van der Waals surface area contributed by atoms with Crippen molar-refractivity contribution >= 4 is 69.9 Å². The number of hydrogen-bond acceptors (Lipinski definition) is 7. The maximum Gasteiger partial charge on any atom is 0.514 e. The fraction of sp³-hybridized carbons (Fsp3) is 0.176. The minimum absolute atomic E-state index is 0.131. The molecule has 2 aromatic rings. The topological polar surface area (TPSA) is 82.1 Å². The molecule has 0 atom stereocenters. The predicted molar refractivity (Wildman–Crippen MR) is 115 cm³/mol. The number of benzene rings is 2. The number of para-hydroxylation sites is 1. The van der Waals surface area contributed by atoms with Gasteiger partial charge in [-0.1, -0.05) is 12.1 Å². The van der Waals surface area contributed by atoms with E-state index in [1.54, 1.807) is 12.1 Å². The number of phenols is 1. The Balaban J connectivity index is 2.01. The van der Waals surface area contributed by atoms with E-state index in [1.807, 2.05) is 45.2 Å². The number of carbonyl (C=O) groups is 2. The molecular weight excluding hydrogens is 624 g/mol. The summed E-state index contributed by atoms with van der Waals surface area (Å²) in [5.41, 5.74) is 0.401. The van der Waals surface area contributed by atoms with Crippen LogP contribution in [0.1, 0.15) is 15.9 Å². The van der Waals surface area contributed by atoms with Crippen LogP contribution in [0.5, 0.6) is 11.5 Å². The van der Waals surface area contributed by atoms with Crippen molar-refractivity contribution in [1.29, 1.82) is 0 Å². The zero-order chi connectivity index (χ0) is 20.9. The summed E-state index contributed by atoms with van der Waals surface area (Å²) in [5, 5.41) is 6.25. The van der Waals surface area contributed by atoms with Gasteiger partial charge < -0.3 is 19.3 Å². The summed E-state index contributed by atoms with van der Waals surface area (Å²) in [6.07, 6.45) is -1.10. The van der Waals surface area contributed by atoms with Crippen LogP contribution in [0.15, 0.2) is 36.4 Å². The normalized spacial score (nSPS) is 11.0. The maximum absolute atomic E-state index is 12.7. The van der Waals surface area contributed by atoms with Crippen molar-refractivity contribution in [3.8, 4) is 11.5 Å². The lowest BCUT2D eigenvalue weighted by Gasteiger charge is -2.12. The van der Waals surface area contributed by atoms with E-state index in [2.05, 4.69) is 17.4 Å². The molecule has 0 radical (unpaired) electrons. The van der Waals surface area contributed by atoms with Crippen LogP contribution >= 0.6 is 57.8 Å². The number of carbonyl (C=O) groups excluding carboxylic acids is 2. The zero-order valence-electron chi connectivity index (χ0n) is 13.8. The van der Waals surface area contributed by atoms with E-state index in [9.17, 15) is 23.5 Å². The Morgan fingerprint density at radius 3 is 2.32 bits per heavy atom. The van der Waals surface area contributed by atoms with Gasteiger partial charge in [-0.2, -0.15) is 8.78 Å². The number of esters is 1. The number of halogens is 4. The van der Waals surface area contributed by atoms with Crippen molar-refractivity contribution in [1.82, 2.24) is 0 Å². The minimum Gasteiger partial charge on any atom is -0.506 e. The summed E-state index contributed by atoms with van der Waals surface area (Å²) < 4.78 is 41.1. The largest absolute Gasteiger partial charge is 0.514 e. The molecule has 1 N–H and O–H groups in total. The number of alkyl halides is 2. The molecular formula is C17H12F2I2O6S. The molecule has 0 aliphatic rings. The second-order valence-electron chi connectivity index (χ2n) is 5.29. The molecule has 0 saturated carbocycles. The fourth-order valence-electron chi connectivity index (χ4n) is 1.92. The second-order valence-corrected chi connectivity index (χ2v) is 8.27. The van der Waals surface area contributed by atoms with Gasteiger partial charge in [0.1, 0.15) is 23.7 Å². The molecule has 28 heavy (non-hydrogen) atoms. The number of thiol groups is 1. The maximum atomic E-state index is 12.7. The van der Waals surface area contributed by atoms with Gasteiger partial charge in [0, 0.05) is 0 Å². The van der Waals surface area contributed by atoms with Crippen molar-refractivity contribution < 1.29 is 37.7 Å². The first-order valence-corrected chi connectivity index (χ1v) is 10.0. The molecule has 0 bridgehead atoms. The lowest BCUT2D eigenvalue weighted by atomic mass is 10.2. The summed E-state index contributed by atoms with van der Waals surface area (Å²) in [4.78, 5) is 23.9. The molecule has 0 amide bonds. The van der Waals surface area contributed by atoms with Crippen LogP contribution in [0.4, 0.5) is 13.6 Å². The van der Waals surface area contributed by atoms with Gasteiger partial charge >= 0.3 is 17.4 Å². The molecule has 0 unspecified atom stereocenters. The second kappa shape index (κ2) is 9.91. The lowest BCUT2D eigenvalue weighted by Crippen LogP contribution is -2.20. The monoisotopic (exact) mass is 636 g/mol. The van der Waals surface area contributed by atoms with Crippen LogP contribution in [0.3, 0.4) is 0 Å². The van der Waals surface area contributed by atoms with Gasteiger partial charge in [0.15, 0.2) is 6.61 Å². The molecule has 0 fully saturated rings. The Morgan fingerprint density at radius 1 is 1.11 bits per heavy atom. The zero-order valence-corrected chi connectivity index (χ0v) is 19.0. The summed E-state index contributed by atoms with van der Waals surface area (Å²) in [6, 6.07) is 8.75. The summed E-state index contributed by atoms with van der Waals surface area (Å²) in [7, 11) is 0. The van der Waals surface area contributed by atoms with Crippen LogP contribution in [-0.4, -0.2) is 29.1 Å². The minimum atomic E-state index is -3.48. The van der Waals surface area contributed by atoms with Gasteiger partial charge in [0.25, 0.3) is 0 Å². The van der Waals surface area contributed by atoms with Crippen LogP contribution in [0, 0.1) is 7.14 Å². The molecule has 11 heteroatoms. The Bertz CT molecular complexity index is 865. The molecule has 2 rings (SSSR count). The van der Waals surface area contributed by atoms with Gasteiger partial charge in [0.2, 0.25) is 0 Å². The standard InChI is InChI=1S/C17H12F2I2O6S/c18-17(19,28)8-26-15(23)10-3-1-2-4-13(10)27-16(24)25-7-9-5-11(20)14(22)12(21)6-9/h1-6,22,28H,7-8H2. The third kappa shape index (κ3) is 6.92. The molecule has 6 nitrogen and oxygen atoms in total. The first-order chi connectivity index (χ1) is 13.1. The van der Waals surface area contributed by atoms with E-state index in [0.29, 0.717) is 12.7 Å². The van der Waals surface area contributed by atoms with Gasteiger partial charge in [-0.25, -0.2) is 9.59 Å². The lowest BCUT2D eigenvalue weighted by molar-refractivity contribution is 0.000774. The van der Waals surface area contributed by atoms with E-state index in [-0.39, 0.29) is 23.7 Å². The Morgan fingerprint density at radius 2 is 1.71 bits per heavy atom. The van der Waals surface area contributed by atoms with Crippen LogP contribution in [0.2, 0.25) is 0 Å². The van der Waals surface area contributed by atoms with E-state index in [0.717, 1.165) is 0 Å². The number of aromatic hydroxyl groups is 1. The molecule has 150 valence electrons. The van der Waals surface area contributed by atoms with Gasteiger partial charge in [-0.05, 0) is 75.0 Å². The molecule has 0 aromatic heterocycles. The third-order valence-corrected chi connectivity index (χ3v) is 4.88. The van der Waals surface area contributed by atoms with Crippen LogP contribution in [-0.2, 0) is 16.1 Å². The van der Waals surface area contributed by atoms with E-state index in [1.165, 1.54) is 24.3 Å². The molecule has 0 heterocycles. The number of phenolic OH excluding ortho intramolecular Hbond substituents is 1. The first kappa shape index (κ1) is 22.9. The summed E-state index contributed by atoms with van der Waals surface area (Å²) in [5.74, 6) is -1.17. The Hall–Kier alpha value is -1.35. The SMILES string of the molecule is O=C(OCc1cc(I)c(O)c(I)c1)Oc1ccccc1C(=O)OCC(F)(F)S. The molecule has 2 aromatic carbocycles. The number of hydrogen-bond donors (Lipinski definition) is 2. The van der Waals surface area contributed by atoms with E-state index < -0.39 is 24.0 Å². The highest BCUT2D eigenvalue weighted by molar-refractivity contribution is 14.1. The highest BCUT2D eigenvalue weighted by Crippen LogP contribution is 2.28. The molecule has 0 aliphatic heterocycles. The van der Waals surface area contributed by atoms with Crippen LogP contribution < -0.4 is 4.74 Å². The average molecular weight is 636 g/mol. The Labute approximate surface area is 191 Å². The molecule has 0 aliphatic carbocycles. The van der Waals surface area contributed by atoms with Gasteiger partial charge in [-0.15, -0.1) is 12.6 Å². The highest BCUT2D eigenvalue weighted by atomic mass is 127. The van der Waals surface area contributed by atoms with Gasteiger partial charge in [0.05, 0.1) is 7.14 Å². The van der Waals surface area contributed by atoms with Crippen LogP contribution in [0.25, 0.3) is 0 Å². The number of rotatable bonds is 6. The van der Waals surface area contributed by atoms with E-state index >= 15 is 0 Å². The van der Waals surface area contributed by atoms with E-state index in [4.69, 9.17) is 9.47 Å². The Kier molecular flexibility index (Phi) is 8.12. The number of ether oxygens (including phenoxy) is 3. The van der Waals surface area contributed by atoms with Crippen molar-refractivity contribution in [3.63, 3.8) is 0 Å². The van der Waals surface area contributed by atoms with Crippen molar-refractivity contribution in [2.45, 2.75) is 11.9 Å². The first-order valence-electron chi connectivity index (χ1n) is 7.44. The predicted octanol–water partition coefficient (Wildman–Crippen LogP) is 5.00. The van der Waals surface area contributed by atoms with Crippen molar-refractivity contribution in [3.05, 3.63) is 54.7 Å². The van der Waals surface area contributed by atoms with Gasteiger partial charge in [-0.3, -0.25) is 0 Å². The highest BCUT2D eigenvalue weighted by Gasteiger charge is 2.26. The summed E-state index contributed by atoms with van der Waals surface area (Å²) >= 11 is 6.85. The average Bonchev–Trinajstić information content (AvgIpc) is 2.62. The summed E-state index contributed by atoms with van der Waals surface area (Å²) in [6.45, 7) is -1.37.